The molecular formula is C24H42O20. The molecule has 4 saturated heterocycles. The quantitative estimate of drug-likeness (QED) is 0.110. The second kappa shape index (κ2) is 15.0. The largest absolute Gasteiger partial charge is 0.394 e. The summed E-state index contributed by atoms with van der Waals surface area (Å²) in [5, 5.41) is 133. The Morgan fingerprint density at radius 2 is 0.841 bits per heavy atom. The summed E-state index contributed by atoms with van der Waals surface area (Å²) in [4.78, 5) is 0. The van der Waals surface area contributed by atoms with Gasteiger partial charge in [0.1, 0.15) is 91.6 Å². The molecule has 20 heteroatoms. The van der Waals surface area contributed by atoms with E-state index >= 15 is 0 Å². The lowest BCUT2D eigenvalue weighted by Crippen LogP contribution is -2.68. The highest BCUT2D eigenvalue weighted by atomic mass is 16.8. The van der Waals surface area contributed by atoms with Crippen molar-refractivity contribution in [3.63, 3.8) is 0 Å². The van der Waals surface area contributed by atoms with E-state index < -0.39 is 143 Å². The summed E-state index contributed by atoms with van der Waals surface area (Å²) in [6.45, 7) is -1.19. The number of hydrogen-bond acceptors (Lipinski definition) is 20. The Morgan fingerprint density at radius 3 is 1.32 bits per heavy atom. The van der Waals surface area contributed by atoms with E-state index in [2.05, 4.69) is 0 Å². The molecule has 4 aliphatic rings. The monoisotopic (exact) mass is 650 g/mol. The molecule has 0 aliphatic carbocycles. The van der Waals surface area contributed by atoms with Crippen LogP contribution in [0, 0.1) is 0 Å². The zero-order chi connectivity index (χ0) is 32.6. The molecule has 0 amide bonds. The molecule has 44 heavy (non-hydrogen) atoms. The van der Waals surface area contributed by atoms with Gasteiger partial charge in [-0.2, -0.15) is 0 Å². The van der Waals surface area contributed by atoms with E-state index in [0.29, 0.717) is 0 Å². The van der Waals surface area contributed by atoms with Crippen molar-refractivity contribution in [1.29, 1.82) is 0 Å². The Hall–Kier alpha value is -0.800. The third kappa shape index (κ3) is 7.05. The normalized spacial score (nSPS) is 53.9. The van der Waals surface area contributed by atoms with Gasteiger partial charge in [0.05, 0.1) is 25.9 Å². The smallest absolute Gasteiger partial charge is 0.187 e. The Labute approximate surface area is 249 Å². The summed E-state index contributed by atoms with van der Waals surface area (Å²) < 4.78 is 38.4. The number of aliphatic hydroxyl groups is 13. The molecule has 0 spiro atoms. The highest BCUT2D eigenvalue weighted by Gasteiger charge is 2.55. The molecule has 0 aromatic carbocycles. The highest BCUT2D eigenvalue weighted by Crippen LogP contribution is 2.34. The molecule has 258 valence electrons. The summed E-state index contributed by atoms with van der Waals surface area (Å²) >= 11 is 0. The minimum atomic E-state index is -1.99. The zero-order valence-corrected chi connectivity index (χ0v) is 23.3. The van der Waals surface area contributed by atoms with Crippen LogP contribution in [0.1, 0.15) is 6.92 Å². The number of rotatable bonds is 9. The standard InChI is InChI=1S/C24H42O20/c1-5-9(28)13(32)16(35)22(38-5)43-19-14(33)10(29)7(3-26)41-24(19)44-20-15(34)11(30)6(2-25)40-23(20)42-18-12(31)8(4-27)39-21(37)17(18)36/h5-37H,2-4H2,1H3/t5-,6+,7+,8+,9-,10+,11+,12-,13+,14-,15-,16+,17+,18-,19-,20-,21+,22-,23+,24+/m0/s1. The van der Waals surface area contributed by atoms with Crippen LogP contribution in [-0.4, -0.2) is 209 Å². The summed E-state index contributed by atoms with van der Waals surface area (Å²) in [6.07, 6.45) is -35.0. The predicted octanol–water partition coefficient (Wildman–Crippen LogP) is -8.72. The minimum Gasteiger partial charge on any atom is -0.394 e. The second-order valence-corrected chi connectivity index (χ2v) is 11.1. The molecule has 0 saturated carbocycles. The van der Waals surface area contributed by atoms with Crippen molar-refractivity contribution < 1.29 is 99.5 Å². The van der Waals surface area contributed by atoms with Gasteiger partial charge in [0.25, 0.3) is 0 Å². The van der Waals surface area contributed by atoms with Gasteiger partial charge < -0.3 is 99.5 Å². The minimum absolute atomic E-state index is 0.812. The first-order valence-electron chi connectivity index (χ1n) is 14.0. The average Bonchev–Trinajstić information content (AvgIpc) is 3.00. The first-order chi connectivity index (χ1) is 20.7. The maximum atomic E-state index is 11.0. The molecular weight excluding hydrogens is 608 g/mol. The molecule has 0 aromatic heterocycles. The lowest BCUT2D eigenvalue weighted by Gasteiger charge is -2.49. The van der Waals surface area contributed by atoms with E-state index in [1.54, 1.807) is 0 Å². The first kappa shape index (κ1) is 36.0. The number of aliphatic hydroxyl groups excluding tert-OH is 13. The van der Waals surface area contributed by atoms with Crippen molar-refractivity contribution in [2.24, 2.45) is 0 Å². The fourth-order valence-corrected chi connectivity index (χ4v) is 5.44. The molecule has 0 aromatic rings. The first-order valence-corrected chi connectivity index (χ1v) is 14.0. The fourth-order valence-electron chi connectivity index (χ4n) is 5.44. The van der Waals surface area contributed by atoms with Crippen LogP contribution in [0.3, 0.4) is 0 Å². The molecule has 0 radical (unpaired) electrons. The molecule has 13 N–H and O–H groups in total. The van der Waals surface area contributed by atoms with Gasteiger partial charge in [-0.15, -0.1) is 0 Å². The van der Waals surface area contributed by atoms with Gasteiger partial charge in [0.15, 0.2) is 25.2 Å². The van der Waals surface area contributed by atoms with Crippen LogP contribution in [0.15, 0.2) is 0 Å². The molecule has 4 fully saturated rings. The van der Waals surface area contributed by atoms with Gasteiger partial charge >= 0.3 is 0 Å². The highest BCUT2D eigenvalue weighted by molar-refractivity contribution is 4.97. The average molecular weight is 651 g/mol. The van der Waals surface area contributed by atoms with Crippen molar-refractivity contribution in [3.05, 3.63) is 0 Å². The number of hydrogen-bond donors (Lipinski definition) is 13. The van der Waals surface area contributed by atoms with Gasteiger partial charge in [-0.25, -0.2) is 0 Å². The van der Waals surface area contributed by atoms with E-state index in [1.807, 2.05) is 0 Å². The maximum Gasteiger partial charge on any atom is 0.187 e. The van der Waals surface area contributed by atoms with Crippen LogP contribution in [0.4, 0.5) is 0 Å². The van der Waals surface area contributed by atoms with Crippen LogP contribution in [0.5, 0.6) is 0 Å². The van der Waals surface area contributed by atoms with Gasteiger partial charge in [0, 0.05) is 0 Å². The van der Waals surface area contributed by atoms with Gasteiger partial charge in [-0.3, -0.25) is 0 Å². The SMILES string of the molecule is C[C@@H]1O[C@@H](O[C@@H]2[C@@H](O[C@@H]3[C@@H](O[C@@H]4[C@@H](O)[C@H](O)O[C@H](CO)[C@@H]4O)O[C@H](CO)[C@@H](O)[C@@H]3O)O[C@H](CO)[C@@H](O)[C@@H]2O)[C@H](O)[C@H](O)[C@H]1O. The third-order valence-corrected chi connectivity index (χ3v) is 8.17. The summed E-state index contributed by atoms with van der Waals surface area (Å²) in [7, 11) is 0. The van der Waals surface area contributed by atoms with Crippen LogP contribution >= 0.6 is 0 Å². The topological polar surface area (TPSA) is 328 Å². The molecule has 0 unspecified atom stereocenters. The molecule has 4 heterocycles. The van der Waals surface area contributed by atoms with Crippen LogP contribution in [0.25, 0.3) is 0 Å². The van der Waals surface area contributed by atoms with E-state index in [0.717, 1.165) is 0 Å². The molecule has 20 atom stereocenters. The van der Waals surface area contributed by atoms with Crippen molar-refractivity contribution in [3.8, 4) is 0 Å². The Bertz CT molecular complexity index is 902. The molecule has 4 aliphatic heterocycles. The Balaban J connectivity index is 1.62. The second-order valence-electron chi connectivity index (χ2n) is 11.1. The molecule has 20 nitrogen and oxygen atoms in total. The van der Waals surface area contributed by atoms with Gasteiger partial charge in [0.2, 0.25) is 0 Å². The summed E-state index contributed by atoms with van der Waals surface area (Å²) in [5.41, 5.74) is 0. The van der Waals surface area contributed by atoms with Crippen LogP contribution < -0.4 is 0 Å². The van der Waals surface area contributed by atoms with E-state index in [1.165, 1.54) is 6.92 Å². The van der Waals surface area contributed by atoms with Crippen molar-refractivity contribution >= 4 is 0 Å². The van der Waals surface area contributed by atoms with E-state index in [-0.39, 0.29) is 0 Å². The van der Waals surface area contributed by atoms with Crippen LogP contribution in [0.2, 0.25) is 0 Å². The van der Waals surface area contributed by atoms with Gasteiger partial charge in [-0.05, 0) is 6.92 Å². The maximum absolute atomic E-state index is 11.0. The zero-order valence-electron chi connectivity index (χ0n) is 23.3. The van der Waals surface area contributed by atoms with Crippen molar-refractivity contribution in [2.75, 3.05) is 19.8 Å². The Kier molecular flexibility index (Phi) is 12.3. The lowest BCUT2D eigenvalue weighted by molar-refractivity contribution is -0.402. The predicted molar refractivity (Wildman–Crippen MR) is 132 cm³/mol. The van der Waals surface area contributed by atoms with Gasteiger partial charge in [-0.1, -0.05) is 0 Å². The summed E-state index contributed by atoms with van der Waals surface area (Å²) in [6, 6.07) is 0. The third-order valence-electron chi connectivity index (χ3n) is 8.17. The Morgan fingerprint density at radius 1 is 0.409 bits per heavy atom. The van der Waals surface area contributed by atoms with E-state index in [4.69, 9.17) is 33.2 Å². The summed E-state index contributed by atoms with van der Waals surface area (Å²) in [5.74, 6) is 0. The molecule has 4 rings (SSSR count). The lowest BCUT2D eigenvalue weighted by atomic mass is 9.96. The number of ether oxygens (including phenoxy) is 7. The van der Waals surface area contributed by atoms with E-state index in [9.17, 15) is 66.4 Å². The van der Waals surface area contributed by atoms with Crippen molar-refractivity contribution in [2.45, 2.75) is 130 Å². The fraction of sp³-hybridized carbons (Fsp3) is 1.00. The molecule has 0 bridgehead atoms. The van der Waals surface area contributed by atoms with Crippen LogP contribution in [-0.2, 0) is 33.2 Å². The van der Waals surface area contributed by atoms with Crippen molar-refractivity contribution in [1.82, 2.24) is 0 Å².